The van der Waals surface area contributed by atoms with Crippen molar-refractivity contribution in [2.24, 2.45) is 0 Å². The monoisotopic (exact) mass is 282 g/mol. The minimum absolute atomic E-state index is 0.205. The lowest BCUT2D eigenvalue weighted by Gasteiger charge is -2.12. The third-order valence-corrected chi connectivity index (χ3v) is 2.55. The van der Waals surface area contributed by atoms with Crippen LogP contribution >= 0.6 is 0 Å². The highest BCUT2D eigenvalue weighted by Gasteiger charge is 2.33. The summed E-state index contributed by atoms with van der Waals surface area (Å²) in [6.45, 7) is 0. The molecule has 0 atom stereocenters. The zero-order valence-electron chi connectivity index (χ0n) is 10.0. The van der Waals surface area contributed by atoms with E-state index in [-0.39, 0.29) is 5.56 Å². The zero-order chi connectivity index (χ0) is 14.8. The number of carbonyl (C=O) groups is 1. The second-order valence-electron chi connectivity index (χ2n) is 3.91. The first kappa shape index (κ1) is 13.9. The quantitative estimate of drug-likeness (QED) is 0.880. The summed E-state index contributed by atoms with van der Waals surface area (Å²) in [4.78, 5) is 14.2. The van der Waals surface area contributed by atoms with Gasteiger partial charge in [-0.05, 0) is 23.8 Å². The molecule has 0 amide bonds. The molecule has 20 heavy (non-hydrogen) atoms. The minimum Gasteiger partial charge on any atom is -0.478 e. The highest BCUT2D eigenvalue weighted by Crippen LogP contribution is 2.34. The summed E-state index contributed by atoms with van der Waals surface area (Å²) < 4.78 is 40.4. The second kappa shape index (κ2) is 5.20. The van der Waals surface area contributed by atoms with Crippen molar-refractivity contribution in [3.63, 3.8) is 0 Å². The summed E-state index contributed by atoms with van der Waals surface area (Å²) in [7, 11) is 0. The molecule has 4 nitrogen and oxygen atoms in total. The Balaban J connectivity index is 2.51. The number of halogens is 3. The Morgan fingerprint density at radius 1 is 1.35 bits per heavy atom. The van der Waals surface area contributed by atoms with Crippen molar-refractivity contribution in [1.29, 1.82) is 0 Å². The number of aliphatic carboxylic acids is 1. The van der Waals surface area contributed by atoms with Gasteiger partial charge in [0.05, 0.1) is 11.9 Å². The molecule has 1 aromatic carbocycles. The van der Waals surface area contributed by atoms with Gasteiger partial charge >= 0.3 is 12.1 Å². The summed E-state index contributed by atoms with van der Waals surface area (Å²) >= 11 is 0. The minimum atomic E-state index is -4.57. The summed E-state index contributed by atoms with van der Waals surface area (Å²) in [6, 6.07) is 3.62. The van der Waals surface area contributed by atoms with Gasteiger partial charge < -0.3 is 9.67 Å². The molecule has 7 heteroatoms. The van der Waals surface area contributed by atoms with Gasteiger partial charge in [-0.1, -0.05) is 6.07 Å². The van der Waals surface area contributed by atoms with E-state index in [0.29, 0.717) is 11.8 Å². The van der Waals surface area contributed by atoms with E-state index in [0.717, 1.165) is 12.1 Å². The first-order valence-electron chi connectivity index (χ1n) is 5.48. The molecule has 104 valence electrons. The highest BCUT2D eigenvalue weighted by molar-refractivity contribution is 5.85. The third-order valence-electron chi connectivity index (χ3n) is 2.55. The van der Waals surface area contributed by atoms with E-state index >= 15 is 0 Å². The number of rotatable bonds is 3. The van der Waals surface area contributed by atoms with Crippen molar-refractivity contribution in [2.45, 2.75) is 6.18 Å². The van der Waals surface area contributed by atoms with Gasteiger partial charge in [-0.3, -0.25) is 0 Å². The molecular weight excluding hydrogens is 273 g/mol. The topological polar surface area (TPSA) is 55.1 Å². The van der Waals surface area contributed by atoms with Gasteiger partial charge in [-0.25, -0.2) is 9.78 Å². The van der Waals surface area contributed by atoms with Crippen LogP contribution in [0.2, 0.25) is 0 Å². The van der Waals surface area contributed by atoms with Crippen LogP contribution in [0, 0.1) is 0 Å². The van der Waals surface area contributed by atoms with Crippen LogP contribution in [0.1, 0.15) is 11.1 Å². The number of alkyl halides is 3. The van der Waals surface area contributed by atoms with Gasteiger partial charge in [0, 0.05) is 24.2 Å². The lowest BCUT2D eigenvalue weighted by molar-refractivity contribution is -0.138. The second-order valence-corrected chi connectivity index (χ2v) is 3.91. The number of nitrogens with zero attached hydrogens (tertiary/aromatic N) is 2. The van der Waals surface area contributed by atoms with Crippen molar-refractivity contribution >= 4 is 12.0 Å². The molecule has 1 heterocycles. The van der Waals surface area contributed by atoms with Crippen LogP contribution in [0.3, 0.4) is 0 Å². The third kappa shape index (κ3) is 3.05. The molecule has 0 saturated carbocycles. The Morgan fingerprint density at radius 3 is 2.65 bits per heavy atom. The largest absolute Gasteiger partial charge is 0.478 e. The smallest absolute Gasteiger partial charge is 0.417 e. The fourth-order valence-corrected chi connectivity index (χ4v) is 1.67. The summed E-state index contributed by atoms with van der Waals surface area (Å²) in [5.74, 6) is -1.31. The van der Waals surface area contributed by atoms with Crippen LogP contribution in [0.25, 0.3) is 11.8 Å². The maximum atomic E-state index is 13.0. The SMILES string of the molecule is O=C(O)/C=C/c1ccc(-n2ccnc2)cc1C(F)(F)F. The number of imidazole rings is 1. The predicted octanol–water partition coefficient (Wildman–Crippen LogP) is 2.99. The molecule has 1 aromatic heterocycles. The molecule has 2 aromatic rings. The number of hydrogen-bond acceptors (Lipinski definition) is 2. The molecule has 0 radical (unpaired) electrons. The molecule has 0 aliphatic rings. The maximum absolute atomic E-state index is 13.0. The van der Waals surface area contributed by atoms with Crippen LogP contribution in [0.5, 0.6) is 0 Å². The Morgan fingerprint density at radius 2 is 2.10 bits per heavy atom. The van der Waals surface area contributed by atoms with Gasteiger partial charge in [0.2, 0.25) is 0 Å². The van der Waals surface area contributed by atoms with Crippen molar-refractivity contribution in [1.82, 2.24) is 9.55 Å². The van der Waals surface area contributed by atoms with Crippen molar-refractivity contribution in [3.05, 3.63) is 54.1 Å². The van der Waals surface area contributed by atoms with Crippen molar-refractivity contribution in [2.75, 3.05) is 0 Å². The number of carboxylic acids is 1. The van der Waals surface area contributed by atoms with Crippen molar-refractivity contribution in [3.8, 4) is 5.69 Å². The molecule has 1 N–H and O–H groups in total. The van der Waals surface area contributed by atoms with Crippen LogP contribution in [-0.2, 0) is 11.0 Å². The molecule has 0 aliphatic heterocycles. The average Bonchev–Trinajstić information content (AvgIpc) is 2.88. The Kier molecular flexibility index (Phi) is 3.60. The number of carboxylic acid groups (broad SMARTS) is 1. The lowest BCUT2D eigenvalue weighted by Crippen LogP contribution is -2.08. The molecule has 0 bridgehead atoms. The lowest BCUT2D eigenvalue weighted by atomic mass is 10.1. The number of hydrogen-bond donors (Lipinski definition) is 1. The van der Waals surface area contributed by atoms with E-state index < -0.39 is 17.7 Å². The maximum Gasteiger partial charge on any atom is 0.417 e. The number of aromatic nitrogens is 2. The van der Waals surface area contributed by atoms with E-state index in [9.17, 15) is 18.0 Å². The molecule has 0 fully saturated rings. The Hall–Kier alpha value is -2.57. The first-order valence-corrected chi connectivity index (χ1v) is 5.48. The zero-order valence-corrected chi connectivity index (χ0v) is 10.0. The first-order chi connectivity index (χ1) is 9.38. The predicted molar refractivity (Wildman–Crippen MR) is 65.2 cm³/mol. The van der Waals surface area contributed by atoms with Gasteiger partial charge in [0.1, 0.15) is 0 Å². The van der Waals surface area contributed by atoms with Gasteiger partial charge in [0.15, 0.2) is 0 Å². The summed E-state index contributed by atoms with van der Waals surface area (Å²) in [5, 5.41) is 8.49. The summed E-state index contributed by atoms with van der Waals surface area (Å²) in [5.41, 5.74) is -0.813. The van der Waals surface area contributed by atoms with Crippen LogP contribution in [0.4, 0.5) is 13.2 Å². The Bertz CT molecular complexity index is 646. The van der Waals surface area contributed by atoms with Gasteiger partial charge in [0.25, 0.3) is 0 Å². The highest BCUT2D eigenvalue weighted by atomic mass is 19.4. The van der Waals surface area contributed by atoms with Crippen molar-refractivity contribution < 1.29 is 23.1 Å². The van der Waals surface area contributed by atoms with Gasteiger partial charge in [-0.2, -0.15) is 13.2 Å². The normalized spacial score (nSPS) is 11.9. The van der Waals surface area contributed by atoms with Crippen LogP contribution < -0.4 is 0 Å². The van der Waals surface area contributed by atoms with Crippen LogP contribution in [0.15, 0.2) is 43.0 Å². The molecule has 0 spiro atoms. The van der Waals surface area contributed by atoms with E-state index in [1.807, 2.05) is 0 Å². The van der Waals surface area contributed by atoms with E-state index in [1.165, 1.54) is 35.4 Å². The number of benzene rings is 1. The van der Waals surface area contributed by atoms with E-state index in [2.05, 4.69) is 4.98 Å². The molecule has 0 unspecified atom stereocenters. The summed E-state index contributed by atoms with van der Waals surface area (Å²) in [6.07, 6.45) is 1.36. The molecular formula is C13H9F3N2O2. The molecule has 0 aliphatic carbocycles. The fourth-order valence-electron chi connectivity index (χ4n) is 1.67. The van der Waals surface area contributed by atoms with Crippen LogP contribution in [-0.4, -0.2) is 20.6 Å². The standard InChI is InChI=1S/C13H9F3N2O2/c14-13(15,16)11-7-10(18-6-5-17-8-18)3-1-9(11)2-4-12(19)20/h1-8H,(H,19,20)/b4-2+. The van der Waals surface area contributed by atoms with Gasteiger partial charge in [-0.15, -0.1) is 0 Å². The van der Waals surface area contributed by atoms with E-state index in [4.69, 9.17) is 5.11 Å². The fraction of sp³-hybridized carbons (Fsp3) is 0.0769. The van der Waals surface area contributed by atoms with E-state index in [1.54, 1.807) is 0 Å². The Labute approximate surface area is 111 Å². The average molecular weight is 282 g/mol. The molecule has 2 rings (SSSR count). The molecule has 0 saturated heterocycles.